The van der Waals surface area contributed by atoms with E-state index in [4.69, 9.17) is 39.5 Å². The summed E-state index contributed by atoms with van der Waals surface area (Å²) in [6.45, 7) is 1.27. The largest absolute Gasteiger partial charge is 0.492 e. The number of anilines is 1. The molecule has 0 aliphatic heterocycles. The van der Waals surface area contributed by atoms with E-state index in [1.807, 2.05) is 11.9 Å². The molecule has 2 aromatic carbocycles. The summed E-state index contributed by atoms with van der Waals surface area (Å²) in [6, 6.07) is 12.2. The normalized spacial score (nSPS) is 10.7. The molecule has 0 saturated heterocycles. The second-order valence-corrected chi connectivity index (χ2v) is 6.41. The molecule has 7 heteroatoms. The zero-order chi connectivity index (χ0) is 17.5. The highest BCUT2D eigenvalue weighted by Gasteiger charge is 2.10. The van der Waals surface area contributed by atoms with Gasteiger partial charge in [-0.15, -0.1) is 0 Å². The number of rotatable bonds is 7. The smallest absolute Gasteiger partial charge is 0.238 e. The SMILES string of the molecule is CN(CCOc1ccc(Cl)cc1)CC(=O)Nc1cccc(Cl)c1Cl. The minimum absolute atomic E-state index is 0.173. The van der Waals surface area contributed by atoms with Crippen LogP contribution in [0.4, 0.5) is 5.69 Å². The maximum atomic E-state index is 12.0. The molecule has 2 rings (SSSR count). The van der Waals surface area contributed by atoms with Gasteiger partial charge in [0.05, 0.1) is 22.3 Å². The number of carbonyl (C=O) groups excluding carboxylic acids is 1. The number of nitrogens with one attached hydrogen (secondary N) is 1. The first-order valence-electron chi connectivity index (χ1n) is 7.26. The van der Waals surface area contributed by atoms with E-state index in [0.29, 0.717) is 33.9 Å². The monoisotopic (exact) mass is 386 g/mol. The lowest BCUT2D eigenvalue weighted by Crippen LogP contribution is -2.33. The molecular formula is C17H17Cl3N2O2. The minimum Gasteiger partial charge on any atom is -0.492 e. The molecule has 0 fully saturated rings. The van der Waals surface area contributed by atoms with Gasteiger partial charge in [-0.05, 0) is 43.4 Å². The molecule has 0 aliphatic rings. The van der Waals surface area contributed by atoms with Crippen molar-refractivity contribution in [1.29, 1.82) is 0 Å². The number of nitrogens with zero attached hydrogens (tertiary/aromatic N) is 1. The summed E-state index contributed by atoms with van der Waals surface area (Å²) in [6.07, 6.45) is 0. The van der Waals surface area contributed by atoms with E-state index in [1.165, 1.54) is 0 Å². The highest BCUT2D eigenvalue weighted by Crippen LogP contribution is 2.29. The predicted octanol–water partition coefficient (Wildman–Crippen LogP) is 4.60. The molecule has 0 saturated carbocycles. The van der Waals surface area contributed by atoms with Gasteiger partial charge in [0.2, 0.25) is 5.91 Å². The molecule has 24 heavy (non-hydrogen) atoms. The second-order valence-electron chi connectivity index (χ2n) is 5.19. The van der Waals surface area contributed by atoms with Crippen molar-refractivity contribution in [3.63, 3.8) is 0 Å². The summed E-state index contributed by atoms with van der Waals surface area (Å²) in [7, 11) is 1.84. The van der Waals surface area contributed by atoms with Gasteiger partial charge in [0, 0.05) is 11.6 Å². The molecule has 0 bridgehead atoms. The van der Waals surface area contributed by atoms with Gasteiger partial charge in [-0.2, -0.15) is 0 Å². The van der Waals surface area contributed by atoms with Crippen molar-refractivity contribution in [2.45, 2.75) is 0 Å². The Morgan fingerprint density at radius 2 is 1.83 bits per heavy atom. The summed E-state index contributed by atoms with van der Waals surface area (Å²) in [5.74, 6) is 0.566. The van der Waals surface area contributed by atoms with Crippen molar-refractivity contribution in [3.8, 4) is 5.75 Å². The summed E-state index contributed by atoms with van der Waals surface area (Å²) < 4.78 is 5.60. The minimum atomic E-state index is -0.173. The van der Waals surface area contributed by atoms with Crippen molar-refractivity contribution >= 4 is 46.4 Å². The van der Waals surface area contributed by atoms with E-state index in [-0.39, 0.29) is 12.5 Å². The third kappa shape index (κ3) is 5.87. The molecule has 0 unspecified atom stereocenters. The fourth-order valence-corrected chi connectivity index (χ4v) is 2.44. The quantitative estimate of drug-likeness (QED) is 0.755. The summed E-state index contributed by atoms with van der Waals surface area (Å²) in [5, 5.41) is 4.14. The van der Waals surface area contributed by atoms with Crippen LogP contribution in [0.15, 0.2) is 42.5 Å². The van der Waals surface area contributed by atoms with Crippen molar-refractivity contribution in [1.82, 2.24) is 4.90 Å². The van der Waals surface area contributed by atoms with Gasteiger partial charge in [-0.1, -0.05) is 40.9 Å². The van der Waals surface area contributed by atoms with Gasteiger partial charge < -0.3 is 10.1 Å². The number of likely N-dealkylation sites (N-methyl/N-ethyl adjacent to an activating group) is 1. The summed E-state index contributed by atoms with van der Waals surface area (Å²) in [4.78, 5) is 13.9. The van der Waals surface area contributed by atoms with Crippen molar-refractivity contribution < 1.29 is 9.53 Å². The van der Waals surface area contributed by atoms with Gasteiger partial charge in [0.1, 0.15) is 12.4 Å². The van der Waals surface area contributed by atoms with E-state index < -0.39 is 0 Å². The zero-order valence-electron chi connectivity index (χ0n) is 13.1. The lowest BCUT2D eigenvalue weighted by molar-refractivity contribution is -0.117. The van der Waals surface area contributed by atoms with Crippen LogP contribution in [0, 0.1) is 0 Å². The molecule has 0 atom stereocenters. The Bertz CT molecular complexity index is 693. The van der Waals surface area contributed by atoms with Crippen LogP contribution in [0.5, 0.6) is 5.75 Å². The number of hydrogen-bond acceptors (Lipinski definition) is 3. The topological polar surface area (TPSA) is 41.6 Å². The Morgan fingerprint density at radius 1 is 1.12 bits per heavy atom. The fourth-order valence-electron chi connectivity index (χ4n) is 1.96. The number of ether oxygens (including phenoxy) is 1. The number of halogens is 3. The zero-order valence-corrected chi connectivity index (χ0v) is 15.3. The molecule has 0 spiro atoms. The Hall–Kier alpha value is -1.46. The summed E-state index contributed by atoms with van der Waals surface area (Å²) in [5.41, 5.74) is 0.500. The molecule has 2 aromatic rings. The first-order valence-corrected chi connectivity index (χ1v) is 8.40. The summed E-state index contributed by atoms with van der Waals surface area (Å²) >= 11 is 17.8. The lowest BCUT2D eigenvalue weighted by Gasteiger charge is -2.17. The van der Waals surface area contributed by atoms with Crippen molar-refractivity contribution in [2.24, 2.45) is 0 Å². The number of hydrogen-bond donors (Lipinski definition) is 1. The van der Waals surface area contributed by atoms with Crippen LogP contribution in [-0.2, 0) is 4.79 Å². The average Bonchev–Trinajstić information content (AvgIpc) is 2.53. The van der Waals surface area contributed by atoms with Crippen molar-refractivity contribution in [2.75, 3.05) is 32.1 Å². The number of carbonyl (C=O) groups is 1. The Balaban J connectivity index is 1.75. The molecule has 1 amide bonds. The van der Waals surface area contributed by atoms with E-state index in [0.717, 1.165) is 5.75 Å². The fraction of sp³-hybridized carbons (Fsp3) is 0.235. The Labute approximate surface area is 156 Å². The van der Waals surface area contributed by atoms with Crippen LogP contribution in [0.2, 0.25) is 15.1 Å². The maximum absolute atomic E-state index is 12.0. The van der Waals surface area contributed by atoms with Gasteiger partial charge in [0.25, 0.3) is 0 Å². The molecule has 0 aromatic heterocycles. The van der Waals surface area contributed by atoms with Gasteiger partial charge in [0.15, 0.2) is 0 Å². The van der Waals surface area contributed by atoms with Crippen molar-refractivity contribution in [3.05, 3.63) is 57.5 Å². The molecular weight excluding hydrogens is 371 g/mol. The van der Waals surface area contributed by atoms with E-state index in [2.05, 4.69) is 5.32 Å². The first kappa shape index (κ1) is 18.9. The standard InChI is InChI=1S/C17H17Cl3N2O2/c1-22(9-10-24-13-7-5-12(18)6-8-13)11-16(23)21-15-4-2-3-14(19)17(15)20/h2-8H,9-11H2,1H3,(H,21,23). The molecule has 0 aliphatic carbocycles. The second kappa shape index (κ2) is 9.14. The van der Waals surface area contributed by atoms with E-state index in [1.54, 1.807) is 42.5 Å². The number of amides is 1. The first-order chi connectivity index (χ1) is 11.5. The maximum Gasteiger partial charge on any atom is 0.238 e. The van der Waals surface area contributed by atoms with Crippen LogP contribution in [0.1, 0.15) is 0 Å². The third-order valence-electron chi connectivity index (χ3n) is 3.19. The van der Waals surface area contributed by atoms with Crippen LogP contribution in [-0.4, -0.2) is 37.6 Å². The lowest BCUT2D eigenvalue weighted by atomic mass is 10.3. The molecule has 0 heterocycles. The van der Waals surface area contributed by atoms with Gasteiger partial charge in [-0.25, -0.2) is 0 Å². The Morgan fingerprint density at radius 3 is 2.54 bits per heavy atom. The molecule has 4 nitrogen and oxygen atoms in total. The van der Waals surface area contributed by atoms with Crippen LogP contribution in [0.25, 0.3) is 0 Å². The van der Waals surface area contributed by atoms with Crippen LogP contribution in [0.3, 0.4) is 0 Å². The predicted molar refractivity (Wildman–Crippen MR) is 99.5 cm³/mol. The molecule has 1 N–H and O–H groups in total. The average molecular weight is 388 g/mol. The van der Waals surface area contributed by atoms with E-state index >= 15 is 0 Å². The van der Waals surface area contributed by atoms with Gasteiger partial charge in [-0.3, -0.25) is 9.69 Å². The highest BCUT2D eigenvalue weighted by atomic mass is 35.5. The molecule has 128 valence electrons. The highest BCUT2D eigenvalue weighted by molar-refractivity contribution is 6.44. The van der Waals surface area contributed by atoms with E-state index in [9.17, 15) is 4.79 Å². The van der Waals surface area contributed by atoms with Crippen LogP contribution < -0.4 is 10.1 Å². The number of benzene rings is 2. The third-order valence-corrected chi connectivity index (χ3v) is 4.27. The Kier molecular flexibility index (Phi) is 7.18. The molecule has 0 radical (unpaired) electrons. The van der Waals surface area contributed by atoms with Gasteiger partial charge >= 0.3 is 0 Å². The van der Waals surface area contributed by atoms with Crippen LogP contribution >= 0.6 is 34.8 Å².